The molecule has 0 saturated heterocycles. The van der Waals surface area contributed by atoms with E-state index >= 15 is 0 Å². The number of aliphatic hydroxyl groups excluding tert-OH is 1. The minimum absolute atomic E-state index is 0.0116. The van der Waals surface area contributed by atoms with Gasteiger partial charge in [0.15, 0.2) is 4.93 Å². The van der Waals surface area contributed by atoms with E-state index in [9.17, 15) is 8.42 Å². The van der Waals surface area contributed by atoms with E-state index in [1.807, 2.05) is 0 Å². The van der Waals surface area contributed by atoms with Gasteiger partial charge in [0.2, 0.25) is 0 Å². The van der Waals surface area contributed by atoms with E-state index in [0.29, 0.717) is 0 Å². The molecule has 14 heavy (non-hydrogen) atoms. The third kappa shape index (κ3) is 3.06. The predicted molar refractivity (Wildman–Crippen MR) is 52.4 cm³/mol. The zero-order valence-corrected chi connectivity index (χ0v) is 8.96. The Morgan fingerprint density at radius 1 is 1.57 bits per heavy atom. The van der Waals surface area contributed by atoms with Crippen molar-refractivity contribution in [1.82, 2.24) is 0 Å². The molecule has 0 aliphatic rings. The monoisotopic (exact) mass is 224 g/mol. The van der Waals surface area contributed by atoms with Gasteiger partial charge in [0.25, 0.3) is 10.1 Å². The second-order valence-corrected chi connectivity index (χ2v) is 4.50. The maximum absolute atomic E-state index is 11.1. The average molecular weight is 224 g/mol. The van der Waals surface area contributed by atoms with Crippen LogP contribution in [0.2, 0.25) is 0 Å². The fourth-order valence-electron chi connectivity index (χ4n) is 1.12. The number of ether oxygens (including phenoxy) is 1. The van der Waals surface area contributed by atoms with Gasteiger partial charge >= 0.3 is 0 Å². The van der Waals surface area contributed by atoms with Crippen molar-refractivity contribution in [2.24, 2.45) is 0 Å². The average Bonchev–Trinajstić information content (AvgIpc) is 2.10. The zero-order valence-electron chi connectivity index (χ0n) is 8.14. The highest BCUT2D eigenvalue weighted by molar-refractivity contribution is 7.87. The van der Waals surface area contributed by atoms with E-state index < -0.39 is 15.1 Å². The van der Waals surface area contributed by atoms with Gasteiger partial charge in [-0.15, -0.1) is 6.58 Å². The molecule has 0 saturated carbocycles. The second-order valence-electron chi connectivity index (χ2n) is 2.80. The predicted octanol–water partition coefficient (Wildman–Crippen LogP) is 0.566. The Hall–Kier alpha value is -0.430. The van der Waals surface area contributed by atoms with E-state index in [0.717, 1.165) is 0 Å². The molecule has 0 rings (SSSR count). The Bertz CT molecular complexity index is 271. The van der Waals surface area contributed by atoms with Gasteiger partial charge in [-0.25, -0.2) is 0 Å². The first kappa shape index (κ1) is 13.6. The van der Waals surface area contributed by atoms with E-state index in [-0.39, 0.29) is 26.1 Å². The Morgan fingerprint density at radius 2 is 2.14 bits per heavy atom. The first-order valence-electron chi connectivity index (χ1n) is 4.26. The molecule has 0 radical (unpaired) electrons. The molecule has 1 atom stereocenters. The van der Waals surface area contributed by atoms with Crippen molar-refractivity contribution in [2.75, 3.05) is 13.2 Å². The van der Waals surface area contributed by atoms with Crippen LogP contribution in [0.1, 0.15) is 19.8 Å². The zero-order chi connectivity index (χ0) is 11.2. The van der Waals surface area contributed by atoms with Gasteiger partial charge in [-0.3, -0.25) is 4.55 Å². The molecule has 84 valence electrons. The van der Waals surface area contributed by atoms with Crippen molar-refractivity contribution in [3.8, 4) is 0 Å². The largest absolute Gasteiger partial charge is 0.394 e. The maximum atomic E-state index is 11.1. The highest BCUT2D eigenvalue weighted by Crippen LogP contribution is 2.27. The van der Waals surface area contributed by atoms with Crippen LogP contribution in [-0.4, -0.2) is 36.2 Å². The van der Waals surface area contributed by atoms with Crippen molar-refractivity contribution in [3.05, 3.63) is 12.7 Å². The van der Waals surface area contributed by atoms with Crippen LogP contribution in [-0.2, 0) is 14.9 Å². The smallest absolute Gasteiger partial charge is 0.295 e. The Kier molecular flexibility index (Phi) is 5.28. The Morgan fingerprint density at radius 3 is 2.43 bits per heavy atom. The summed E-state index contributed by atoms with van der Waals surface area (Å²) in [4.78, 5) is -1.67. The highest BCUT2D eigenvalue weighted by Gasteiger charge is 2.41. The van der Waals surface area contributed by atoms with Gasteiger partial charge in [0.1, 0.15) is 0 Å². The molecule has 0 aromatic heterocycles. The fraction of sp³-hybridized carbons (Fsp3) is 0.750. The maximum Gasteiger partial charge on any atom is 0.295 e. The van der Waals surface area contributed by atoms with Crippen LogP contribution in [0, 0.1) is 0 Å². The quantitative estimate of drug-likeness (QED) is 0.488. The summed E-state index contributed by atoms with van der Waals surface area (Å²) in [5.41, 5.74) is 0. The lowest BCUT2D eigenvalue weighted by Crippen LogP contribution is -2.41. The molecule has 0 aliphatic heterocycles. The lowest BCUT2D eigenvalue weighted by Gasteiger charge is -2.28. The van der Waals surface area contributed by atoms with Gasteiger partial charge in [-0.05, 0) is 6.42 Å². The van der Waals surface area contributed by atoms with Crippen LogP contribution in [0.25, 0.3) is 0 Å². The van der Waals surface area contributed by atoms with Gasteiger partial charge < -0.3 is 9.84 Å². The van der Waals surface area contributed by atoms with Crippen LogP contribution in [0.5, 0.6) is 0 Å². The van der Waals surface area contributed by atoms with E-state index in [1.165, 1.54) is 6.08 Å². The summed E-state index contributed by atoms with van der Waals surface area (Å²) in [5.74, 6) is 0. The van der Waals surface area contributed by atoms with Crippen LogP contribution in [0.4, 0.5) is 0 Å². The minimum atomic E-state index is -4.32. The molecule has 0 bridgehead atoms. The van der Waals surface area contributed by atoms with Crippen LogP contribution >= 0.6 is 0 Å². The second kappa shape index (κ2) is 5.45. The van der Waals surface area contributed by atoms with Crippen LogP contribution < -0.4 is 0 Å². The minimum Gasteiger partial charge on any atom is -0.394 e. The van der Waals surface area contributed by atoms with Gasteiger partial charge in [0.05, 0.1) is 13.2 Å². The van der Waals surface area contributed by atoms with E-state index in [2.05, 4.69) is 6.58 Å². The third-order valence-corrected chi connectivity index (χ3v) is 3.43. The number of hydrogen-bond donors (Lipinski definition) is 2. The van der Waals surface area contributed by atoms with Crippen molar-refractivity contribution in [2.45, 2.75) is 24.7 Å². The first-order valence-corrected chi connectivity index (χ1v) is 5.70. The molecule has 2 N–H and O–H groups in total. The van der Waals surface area contributed by atoms with E-state index in [1.54, 1.807) is 6.92 Å². The lowest BCUT2D eigenvalue weighted by molar-refractivity contribution is -0.00715. The molecule has 0 heterocycles. The summed E-state index contributed by atoms with van der Waals surface area (Å²) >= 11 is 0. The molecule has 0 amide bonds. The van der Waals surface area contributed by atoms with Crippen LogP contribution in [0.3, 0.4) is 0 Å². The molecule has 5 nitrogen and oxygen atoms in total. The van der Waals surface area contributed by atoms with E-state index in [4.69, 9.17) is 14.4 Å². The first-order chi connectivity index (χ1) is 6.43. The van der Waals surface area contributed by atoms with Crippen molar-refractivity contribution < 1.29 is 22.8 Å². The molecule has 0 fully saturated rings. The summed E-state index contributed by atoms with van der Waals surface area (Å²) in [7, 11) is -4.32. The normalized spacial score (nSPS) is 16.2. The Balaban J connectivity index is 4.88. The molecule has 6 heteroatoms. The fourth-order valence-corrected chi connectivity index (χ4v) is 2.04. The molecule has 0 aliphatic carbocycles. The summed E-state index contributed by atoms with van der Waals surface area (Å²) in [5, 5.41) is 8.53. The SMILES string of the molecule is C=CCC(CC)(OCCO)S(=O)(=O)O. The standard InChI is InChI=1S/C8H16O5S/c1-3-5-8(4-2,13-7-6-9)14(10,11)12/h3,9H,1,4-7H2,2H3,(H,10,11,12). The summed E-state index contributed by atoms with van der Waals surface area (Å²) in [6.45, 7) is 4.54. The molecule has 1 unspecified atom stereocenters. The summed E-state index contributed by atoms with van der Waals surface area (Å²) < 4.78 is 36.1. The molecule has 0 aromatic rings. The third-order valence-electron chi connectivity index (χ3n) is 1.92. The van der Waals surface area contributed by atoms with Gasteiger partial charge in [-0.1, -0.05) is 13.0 Å². The van der Waals surface area contributed by atoms with Crippen molar-refractivity contribution in [3.63, 3.8) is 0 Å². The van der Waals surface area contributed by atoms with Gasteiger partial charge in [0, 0.05) is 6.42 Å². The number of rotatable bonds is 7. The summed E-state index contributed by atoms with van der Waals surface area (Å²) in [6, 6.07) is 0. The van der Waals surface area contributed by atoms with Crippen molar-refractivity contribution >= 4 is 10.1 Å². The number of aliphatic hydroxyl groups is 1. The summed E-state index contributed by atoms with van der Waals surface area (Å²) in [6.07, 6.45) is 1.44. The van der Waals surface area contributed by atoms with Crippen molar-refractivity contribution in [1.29, 1.82) is 0 Å². The van der Waals surface area contributed by atoms with Crippen LogP contribution in [0.15, 0.2) is 12.7 Å². The molecular weight excluding hydrogens is 208 g/mol. The Labute approximate surface area is 84.1 Å². The molecule has 0 spiro atoms. The highest BCUT2D eigenvalue weighted by atomic mass is 32.2. The van der Waals surface area contributed by atoms with Gasteiger partial charge in [-0.2, -0.15) is 8.42 Å². The lowest BCUT2D eigenvalue weighted by atomic mass is 10.2. The molecule has 0 aromatic carbocycles. The molecular formula is C8H16O5S. The topological polar surface area (TPSA) is 83.8 Å². The number of hydrogen-bond acceptors (Lipinski definition) is 4.